The lowest BCUT2D eigenvalue weighted by molar-refractivity contribution is 0.122. The van der Waals surface area contributed by atoms with Gasteiger partial charge in [-0.15, -0.1) is 0 Å². The Balaban J connectivity index is 1.38. The van der Waals surface area contributed by atoms with E-state index in [-0.39, 0.29) is 5.54 Å². The Kier molecular flexibility index (Phi) is 5.93. The van der Waals surface area contributed by atoms with Crippen molar-refractivity contribution in [3.8, 4) is 0 Å². The standard InChI is InChI=1S/C15H30N2O/c16-15(7-2-1-3-8-15)9-11-17-10-4-12-18-13-14-5-6-14/h14,17H,1-13,16H2. The topological polar surface area (TPSA) is 47.3 Å². The zero-order valence-electron chi connectivity index (χ0n) is 11.8. The van der Waals surface area contributed by atoms with Crippen molar-refractivity contribution in [2.45, 2.75) is 63.3 Å². The van der Waals surface area contributed by atoms with Gasteiger partial charge >= 0.3 is 0 Å². The van der Waals surface area contributed by atoms with Crippen molar-refractivity contribution < 1.29 is 4.74 Å². The summed E-state index contributed by atoms with van der Waals surface area (Å²) in [5.41, 5.74) is 6.53. The molecule has 0 saturated heterocycles. The van der Waals surface area contributed by atoms with E-state index in [0.29, 0.717) is 0 Å². The number of nitrogens with one attached hydrogen (secondary N) is 1. The van der Waals surface area contributed by atoms with Gasteiger partial charge in [-0.05, 0) is 57.5 Å². The molecule has 0 aliphatic heterocycles. The molecule has 0 radical (unpaired) electrons. The molecule has 0 atom stereocenters. The largest absolute Gasteiger partial charge is 0.381 e. The smallest absolute Gasteiger partial charge is 0.0494 e. The van der Waals surface area contributed by atoms with Gasteiger partial charge in [-0.25, -0.2) is 0 Å². The Bertz CT molecular complexity index is 223. The Morgan fingerprint density at radius 1 is 1.11 bits per heavy atom. The lowest BCUT2D eigenvalue weighted by atomic mass is 9.80. The molecule has 3 nitrogen and oxygen atoms in total. The molecule has 0 heterocycles. The van der Waals surface area contributed by atoms with Crippen molar-refractivity contribution in [2.24, 2.45) is 11.7 Å². The molecule has 2 aliphatic carbocycles. The van der Waals surface area contributed by atoms with Crippen molar-refractivity contribution in [2.75, 3.05) is 26.3 Å². The fourth-order valence-corrected chi connectivity index (χ4v) is 2.80. The molecular formula is C15H30N2O. The monoisotopic (exact) mass is 254 g/mol. The number of nitrogens with two attached hydrogens (primary N) is 1. The quantitative estimate of drug-likeness (QED) is 0.621. The fraction of sp³-hybridized carbons (Fsp3) is 1.00. The van der Waals surface area contributed by atoms with Gasteiger partial charge in [0.15, 0.2) is 0 Å². The maximum atomic E-state index is 6.40. The molecule has 0 bridgehead atoms. The zero-order valence-corrected chi connectivity index (χ0v) is 11.8. The van der Waals surface area contributed by atoms with Gasteiger partial charge in [0.05, 0.1) is 0 Å². The molecule has 0 aromatic carbocycles. The van der Waals surface area contributed by atoms with Crippen LogP contribution >= 0.6 is 0 Å². The van der Waals surface area contributed by atoms with Gasteiger partial charge < -0.3 is 15.8 Å². The summed E-state index contributed by atoms with van der Waals surface area (Å²) in [5.74, 6) is 0.890. The van der Waals surface area contributed by atoms with Crippen LogP contribution in [-0.2, 0) is 4.74 Å². The van der Waals surface area contributed by atoms with Crippen molar-refractivity contribution in [3.05, 3.63) is 0 Å². The van der Waals surface area contributed by atoms with Crippen LogP contribution in [-0.4, -0.2) is 31.8 Å². The minimum absolute atomic E-state index is 0.133. The van der Waals surface area contributed by atoms with Gasteiger partial charge in [-0.2, -0.15) is 0 Å². The average Bonchev–Trinajstić information content (AvgIpc) is 3.17. The van der Waals surface area contributed by atoms with Crippen LogP contribution in [0.5, 0.6) is 0 Å². The van der Waals surface area contributed by atoms with Crippen molar-refractivity contribution in [1.82, 2.24) is 5.32 Å². The summed E-state index contributed by atoms with van der Waals surface area (Å²) in [7, 11) is 0. The van der Waals surface area contributed by atoms with Crippen LogP contribution in [0.3, 0.4) is 0 Å². The summed E-state index contributed by atoms with van der Waals surface area (Å²) in [6.45, 7) is 4.04. The van der Waals surface area contributed by atoms with E-state index >= 15 is 0 Å². The first-order valence-corrected chi connectivity index (χ1v) is 7.86. The molecule has 0 unspecified atom stereocenters. The van der Waals surface area contributed by atoms with Crippen molar-refractivity contribution >= 4 is 0 Å². The SMILES string of the molecule is NC1(CCNCCCOCC2CC2)CCCCC1. The van der Waals surface area contributed by atoms with Gasteiger partial charge in [0.25, 0.3) is 0 Å². The summed E-state index contributed by atoms with van der Waals surface area (Å²) in [5, 5.41) is 3.50. The first kappa shape index (κ1) is 14.3. The molecule has 3 heteroatoms. The van der Waals surface area contributed by atoms with Crippen LogP contribution in [0.15, 0.2) is 0 Å². The molecule has 0 spiro atoms. The minimum atomic E-state index is 0.133. The van der Waals surface area contributed by atoms with E-state index in [1.54, 1.807) is 0 Å². The number of hydrogen-bond donors (Lipinski definition) is 2. The van der Waals surface area contributed by atoms with Gasteiger partial charge in [0, 0.05) is 18.8 Å². The van der Waals surface area contributed by atoms with Crippen molar-refractivity contribution in [3.63, 3.8) is 0 Å². The van der Waals surface area contributed by atoms with E-state index in [4.69, 9.17) is 10.5 Å². The highest BCUT2D eigenvalue weighted by molar-refractivity contribution is 4.87. The molecule has 0 aromatic rings. The molecule has 106 valence electrons. The fourth-order valence-electron chi connectivity index (χ4n) is 2.80. The average molecular weight is 254 g/mol. The normalized spacial score (nSPS) is 23.2. The molecule has 2 saturated carbocycles. The maximum Gasteiger partial charge on any atom is 0.0494 e. The summed E-state index contributed by atoms with van der Waals surface area (Å²) in [4.78, 5) is 0. The third kappa shape index (κ3) is 5.68. The second-order valence-electron chi connectivity index (χ2n) is 6.29. The Morgan fingerprint density at radius 2 is 1.89 bits per heavy atom. The molecule has 18 heavy (non-hydrogen) atoms. The van der Waals surface area contributed by atoms with E-state index in [1.165, 1.54) is 44.9 Å². The van der Waals surface area contributed by atoms with Gasteiger partial charge in [0.1, 0.15) is 0 Å². The first-order valence-electron chi connectivity index (χ1n) is 7.86. The molecule has 0 aromatic heterocycles. The second-order valence-corrected chi connectivity index (χ2v) is 6.29. The first-order chi connectivity index (χ1) is 8.79. The van der Waals surface area contributed by atoms with E-state index in [2.05, 4.69) is 5.32 Å². The molecule has 0 amide bonds. The second kappa shape index (κ2) is 7.46. The maximum absolute atomic E-state index is 6.40. The number of hydrogen-bond acceptors (Lipinski definition) is 3. The van der Waals surface area contributed by atoms with E-state index in [0.717, 1.165) is 45.1 Å². The zero-order chi connectivity index (χ0) is 12.7. The summed E-state index contributed by atoms with van der Waals surface area (Å²) in [6, 6.07) is 0. The van der Waals surface area contributed by atoms with Gasteiger partial charge in [-0.1, -0.05) is 19.3 Å². The van der Waals surface area contributed by atoms with E-state index in [1.807, 2.05) is 0 Å². The summed E-state index contributed by atoms with van der Waals surface area (Å²) < 4.78 is 5.61. The summed E-state index contributed by atoms with van der Waals surface area (Å²) in [6.07, 6.45) is 11.5. The van der Waals surface area contributed by atoms with E-state index in [9.17, 15) is 0 Å². The minimum Gasteiger partial charge on any atom is -0.381 e. The highest BCUT2D eigenvalue weighted by Gasteiger charge is 2.26. The highest BCUT2D eigenvalue weighted by Crippen LogP contribution is 2.29. The van der Waals surface area contributed by atoms with Crippen LogP contribution in [0, 0.1) is 5.92 Å². The van der Waals surface area contributed by atoms with Crippen LogP contribution in [0.4, 0.5) is 0 Å². The Morgan fingerprint density at radius 3 is 2.61 bits per heavy atom. The number of rotatable bonds is 9. The molecule has 3 N–H and O–H groups in total. The van der Waals surface area contributed by atoms with Crippen LogP contribution in [0.25, 0.3) is 0 Å². The highest BCUT2D eigenvalue weighted by atomic mass is 16.5. The molecule has 2 aliphatic rings. The molecule has 2 fully saturated rings. The third-order valence-electron chi connectivity index (χ3n) is 4.34. The van der Waals surface area contributed by atoms with Crippen LogP contribution < -0.4 is 11.1 Å². The van der Waals surface area contributed by atoms with Crippen molar-refractivity contribution in [1.29, 1.82) is 0 Å². The summed E-state index contributed by atoms with van der Waals surface area (Å²) >= 11 is 0. The lowest BCUT2D eigenvalue weighted by Crippen LogP contribution is -2.44. The molecular weight excluding hydrogens is 224 g/mol. The predicted octanol–water partition coefficient (Wildman–Crippen LogP) is 2.44. The van der Waals surface area contributed by atoms with Gasteiger partial charge in [0.2, 0.25) is 0 Å². The third-order valence-corrected chi connectivity index (χ3v) is 4.34. The van der Waals surface area contributed by atoms with Crippen LogP contribution in [0.2, 0.25) is 0 Å². The Hall–Kier alpha value is -0.120. The Labute approximate surface area is 112 Å². The predicted molar refractivity (Wildman–Crippen MR) is 75.7 cm³/mol. The lowest BCUT2D eigenvalue weighted by Gasteiger charge is -2.33. The van der Waals surface area contributed by atoms with Gasteiger partial charge in [-0.3, -0.25) is 0 Å². The van der Waals surface area contributed by atoms with E-state index < -0.39 is 0 Å². The van der Waals surface area contributed by atoms with Crippen LogP contribution in [0.1, 0.15) is 57.8 Å². The number of ether oxygens (including phenoxy) is 1. The molecule has 2 rings (SSSR count).